The fourth-order valence-electron chi connectivity index (χ4n) is 3.76. The number of amides is 1. The van der Waals surface area contributed by atoms with E-state index >= 15 is 0 Å². The van der Waals surface area contributed by atoms with Crippen LogP contribution < -0.4 is 10.6 Å². The summed E-state index contributed by atoms with van der Waals surface area (Å²) in [5.74, 6) is 0.422. The summed E-state index contributed by atoms with van der Waals surface area (Å²) in [7, 11) is 0. The van der Waals surface area contributed by atoms with Crippen LogP contribution in [0.5, 0.6) is 0 Å². The Bertz CT molecular complexity index is 548. The highest BCUT2D eigenvalue weighted by atomic mass is 79.9. The Labute approximate surface area is 153 Å². The molecule has 1 amide bonds. The lowest BCUT2D eigenvalue weighted by molar-refractivity contribution is -0.126. The monoisotopic (exact) mass is 400 g/mol. The van der Waals surface area contributed by atoms with E-state index in [0.717, 1.165) is 30.4 Å². The molecule has 2 N–H and O–H groups in total. The first kappa shape index (κ1) is 18.8. The van der Waals surface area contributed by atoms with E-state index in [0.29, 0.717) is 6.04 Å². The Kier molecular flexibility index (Phi) is 6.52. The minimum Gasteiger partial charge on any atom is -0.355 e. The van der Waals surface area contributed by atoms with Gasteiger partial charge in [0.25, 0.3) is 0 Å². The van der Waals surface area contributed by atoms with Crippen molar-refractivity contribution in [2.45, 2.75) is 50.5 Å². The van der Waals surface area contributed by atoms with E-state index in [1.165, 1.54) is 24.8 Å². The SMILES string of the molecule is C[C@H]1C[C@@H](C(=O)NCC2(c3cccc(Br)c3)CCC2)CCN1.Cl. The molecule has 128 valence electrons. The minimum absolute atomic E-state index is 0. The van der Waals surface area contributed by atoms with Gasteiger partial charge >= 0.3 is 0 Å². The van der Waals surface area contributed by atoms with Crippen molar-refractivity contribution in [3.8, 4) is 0 Å². The number of piperidine rings is 1. The number of halogens is 2. The number of hydrogen-bond donors (Lipinski definition) is 2. The molecule has 1 aliphatic heterocycles. The Balaban J connectivity index is 0.00000192. The zero-order chi connectivity index (χ0) is 15.6. The summed E-state index contributed by atoms with van der Waals surface area (Å²) in [6.45, 7) is 3.89. The number of rotatable bonds is 4. The van der Waals surface area contributed by atoms with Gasteiger partial charge in [0.05, 0.1) is 0 Å². The molecule has 2 atom stereocenters. The first-order chi connectivity index (χ1) is 10.6. The second-order valence-corrected chi connectivity index (χ2v) is 7.85. The van der Waals surface area contributed by atoms with Crippen molar-refractivity contribution in [3.05, 3.63) is 34.3 Å². The summed E-state index contributed by atoms with van der Waals surface area (Å²) >= 11 is 3.56. The lowest BCUT2D eigenvalue weighted by Crippen LogP contribution is -2.49. The topological polar surface area (TPSA) is 41.1 Å². The average molecular weight is 402 g/mol. The molecule has 2 fully saturated rings. The molecular formula is C18H26BrClN2O. The normalized spacial score (nSPS) is 25.8. The van der Waals surface area contributed by atoms with Gasteiger partial charge in [0, 0.05) is 28.4 Å². The first-order valence-electron chi connectivity index (χ1n) is 8.36. The molecule has 0 bridgehead atoms. The predicted molar refractivity (Wildman–Crippen MR) is 100 cm³/mol. The summed E-state index contributed by atoms with van der Waals surface area (Å²) < 4.78 is 1.12. The van der Waals surface area contributed by atoms with E-state index in [1.54, 1.807) is 0 Å². The van der Waals surface area contributed by atoms with E-state index in [4.69, 9.17) is 0 Å². The maximum absolute atomic E-state index is 12.5. The van der Waals surface area contributed by atoms with E-state index in [1.807, 2.05) is 0 Å². The average Bonchev–Trinajstić information content (AvgIpc) is 2.46. The molecule has 1 aromatic rings. The second-order valence-electron chi connectivity index (χ2n) is 6.94. The third-order valence-corrected chi connectivity index (χ3v) is 5.84. The lowest BCUT2D eigenvalue weighted by atomic mass is 9.64. The van der Waals surface area contributed by atoms with Crippen LogP contribution in [0.1, 0.15) is 44.6 Å². The standard InChI is InChI=1S/C18H25BrN2O.ClH/c1-13-10-14(6-9-20-13)17(22)21-12-18(7-3-8-18)15-4-2-5-16(19)11-15;/h2,4-5,11,13-14,20H,3,6-10,12H2,1H3,(H,21,22);1H/t13-,14-;/m0./s1. The fourth-order valence-corrected chi connectivity index (χ4v) is 4.16. The predicted octanol–water partition coefficient (Wildman–Crippen LogP) is 3.80. The Morgan fingerprint density at radius 2 is 2.22 bits per heavy atom. The van der Waals surface area contributed by atoms with Crippen molar-refractivity contribution in [1.82, 2.24) is 10.6 Å². The van der Waals surface area contributed by atoms with Crippen LogP contribution in [0.15, 0.2) is 28.7 Å². The zero-order valence-corrected chi connectivity index (χ0v) is 16.0. The lowest BCUT2D eigenvalue weighted by Gasteiger charge is -2.43. The molecule has 5 heteroatoms. The highest BCUT2D eigenvalue weighted by molar-refractivity contribution is 9.10. The van der Waals surface area contributed by atoms with Crippen LogP contribution in [-0.4, -0.2) is 25.0 Å². The summed E-state index contributed by atoms with van der Waals surface area (Å²) in [5.41, 5.74) is 1.50. The molecule has 1 saturated heterocycles. The first-order valence-corrected chi connectivity index (χ1v) is 9.15. The van der Waals surface area contributed by atoms with Crippen molar-refractivity contribution in [2.75, 3.05) is 13.1 Å². The van der Waals surface area contributed by atoms with Crippen molar-refractivity contribution >= 4 is 34.2 Å². The molecule has 1 heterocycles. The van der Waals surface area contributed by atoms with Gasteiger partial charge in [-0.1, -0.05) is 34.5 Å². The zero-order valence-electron chi connectivity index (χ0n) is 13.6. The summed E-state index contributed by atoms with van der Waals surface area (Å²) in [5, 5.41) is 6.66. The molecule has 2 aliphatic rings. The van der Waals surface area contributed by atoms with Crippen LogP contribution in [0, 0.1) is 5.92 Å². The van der Waals surface area contributed by atoms with Crippen molar-refractivity contribution in [2.24, 2.45) is 5.92 Å². The number of benzene rings is 1. The highest BCUT2D eigenvalue weighted by Crippen LogP contribution is 2.43. The van der Waals surface area contributed by atoms with Gasteiger partial charge in [-0.2, -0.15) is 0 Å². The minimum atomic E-state index is 0. The molecule has 1 saturated carbocycles. The molecule has 0 aromatic heterocycles. The van der Waals surface area contributed by atoms with Gasteiger partial charge in [0.15, 0.2) is 0 Å². The molecule has 1 aromatic carbocycles. The van der Waals surface area contributed by atoms with Gasteiger partial charge < -0.3 is 10.6 Å². The van der Waals surface area contributed by atoms with Crippen LogP contribution in [0.4, 0.5) is 0 Å². The maximum atomic E-state index is 12.5. The van der Waals surface area contributed by atoms with Crippen LogP contribution in [0.2, 0.25) is 0 Å². The van der Waals surface area contributed by atoms with Gasteiger partial charge in [-0.05, 0) is 56.8 Å². The van der Waals surface area contributed by atoms with Gasteiger partial charge in [-0.25, -0.2) is 0 Å². The van der Waals surface area contributed by atoms with E-state index in [9.17, 15) is 4.79 Å². The Morgan fingerprint density at radius 1 is 1.43 bits per heavy atom. The molecule has 0 radical (unpaired) electrons. The van der Waals surface area contributed by atoms with Gasteiger partial charge in [-0.3, -0.25) is 4.79 Å². The molecule has 0 unspecified atom stereocenters. The quantitative estimate of drug-likeness (QED) is 0.806. The van der Waals surface area contributed by atoms with Gasteiger partial charge in [0.2, 0.25) is 5.91 Å². The highest BCUT2D eigenvalue weighted by Gasteiger charge is 2.39. The summed E-state index contributed by atoms with van der Waals surface area (Å²) in [6, 6.07) is 9.01. The smallest absolute Gasteiger partial charge is 0.223 e. The summed E-state index contributed by atoms with van der Waals surface area (Å²) in [4.78, 5) is 12.5. The van der Waals surface area contributed by atoms with Gasteiger partial charge in [0.1, 0.15) is 0 Å². The number of carbonyl (C=O) groups is 1. The molecular weight excluding hydrogens is 376 g/mol. The van der Waals surface area contributed by atoms with Crippen molar-refractivity contribution in [3.63, 3.8) is 0 Å². The van der Waals surface area contributed by atoms with E-state index in [2.05, 4.69) is 57.8 Å². The molecule has 3 rings (SSSR count). The number of hydrogen-bond acceptors (Lipinski definition) is 2. The number of carbonyl (C=O) groups excluding carboxylic acids is 1. The van der Waals surface area contributed by atoms with Crippen LogP contribution >= 0.6 is 28.3 Å². The van der Waals surface area contributed by atoms with Crippen LogP contribution in [0.25, 0.3) is 0 Å². The Hall–Kier alpha value is -0.580. The fraction of sp³-hybridized carbons (Fsp3) is 0.611. The molecule has 0 spiro atoms. The molecule has 3 nitrogen and oxygen atoms in total. The third kappa shape index (κ3) is 4.28. The van der Waals surface area contributed by atoms with Crippen LogP contribution in [-0.2, 0) is 10.2 Å². The van der Waals surface area contributed by atoms with Gasteiger partial charge in [-0.15, -0.1) is 12.4 Å². The largest absolute Gasteiger partial charge is 0.355 e. The van der Waals surface area contributed by atoms with E-state index in [-0.39, 0.29) is 29.6 Å². The molecule has 23 heavy (non-hydrogen) atoms. The number of nitrogens with one attached hydrogen (secondary N) is 2. The van der Waals surface area contributed by atoms with Crippen molar-refractivity contribution < 1.29 is 4.79 Å². The van der Waals surface area contributed by atoms with E-state index < -0.39 is 0 Å². The van der Waals surface area contributed by atoms with Crippen LogP contribution in [0.3, 0.4) is 0 Å². The second kappa shape index (κ2) is 8.00. The Morgan fingerprint density at radius 3 is 2.83 bits per heavy atom. The molecule has 1 aliphatic carbocycles. The third-order valence-electron chi connectivity index (χ3n) is 5.34. The summed E-state index contributed by atoms with van der Waals surface area (Å²) in [6.07, 6.45) is 5.52. The maximum Gasteiger partial charge on any atom is 0.223 e. The van der Waals surface area contributed by atoms with Crippen molar-refractivity contribution in [1.29, 1.82) is 0 Å².